The van der Waals surface area contributed by atoms with Crippen LogP contribution in [0.2, 0.25) is 0 Å². The van der Waals surface area contributed by atoms with E-state index in [0.29, 0.717) is 17.6 Å². The first-order chi connectivity index (χ1) is 12.9. The Morgan fingerprint density at radius 1 is 1.19 bits per heavy atom. The van der Waals surface area contributed by atoms with Crippen LogP contribution in [0.15, 0.2) is 6.20 Å². The van der Waals surface area contributed by atoms with Crippen LogP contribution in [0.25, 0.3) is 0 Å². The second-order valence-electron chi connectivity index (χ2n) is 8.10. The van der Waals surface area contributed by atoms with Crippen LogP contribution in [0.5, 0.6) is 0 Å². The molecule has 0 radical (unpaired) electrons. The van der Waals surface area contributed by atoms with Crippen molar-refractivity contribution in [3.8, 4) is 0 Å². The molecule has 2 aliphatic heterocycles. The number of carbonyl (C=O) groups is 1. The minimum Gasteiger partial charge on any atom is -0.338 e. The molecule has 0 N–H and O–H groups in total. The monoisotopic (exact) mass is 374 g/mol. The summed E-state index contributed by atoms with van der Waals surface area (Å²) in [6.45, 7) is 15.0. The van der Waals surface area contributed by atoms with E-state index in [1.165, 1.54) is 0 Å². The van der Waals surface area contributed by atoms with Gasteiger partial charge in [-0.25, -0.2) is 9.97 Å². The molecule has 0 unspecified atom stereocenters. The van der Waals surface area contributed by atoms with E-state index in [1.807, 2.05) is 11.8 Å². The molecule has 2 saturated heterocycles. The van der Waals surface area contributed by atoms with Crippen molar-refractivity contribution in [3.05, 3.63) is 17.5 Å². The Morgan fingerprint density at radius 3 is 2.48 bits per heavy atom. The predicted octanol–water partition coefficient (Wildman–Crippen LogP) is 1.48. The number of rotatable bonds is 4. The molecule has 0 saturated carbocycles. The van der Waals surface area contributed by atoms with Gasteiger partial charge in [-0.2, -0.15) is 0 Å². The average molecular weight is 375 g/mol. The fraction of sp³-hybridized carbons (Fsp3) is 0.750. The Morgan fingerprint density at radius 2 is 1.89 bits per heavy atom. The van der Waals surface area contributed by atoms with Crippen molar-refractivity contribution in [1.29, 1.82) is 0 Å². The molecule has 0 spiro atoms. The molecule has 2 fully saturated rings. The minimum absolute atomic E-state index is 0.0688. The molecule has 1 amide bonds. The zero-order chi connectivity index (χ0) is 19.6. The lowest BCUT2D eigenvalue weighted by atomic mass is 10.1. The summed E-state index contributed by atoms with van der Waals surface area (Å²) in [6, 6.07) is 0.939. The number of piperazine rings is 2. The number of aromatic nitrogens is 2. The van der Waals surface area contributed by atoms with Gasteiger partial charge in [0.15, 0.2) is 0 Å². The zero-order valence-corrected chi connectivity index (χ0v) is 17.5. The second kappa shape index (κ2) is 8.52. The van der Waals surface area contributed by atoms with E-state index >= 15 is 0 Å². The molecule has 150 valence electrons. The highest BCUT2D eigenvalue weighted by atomic mass is 16.2. The van der Waals surface area contributed by atoms with Crippen LogP contribution in [-0.2, 0) is 0 Å². The topological polar surface area (TPSA) is 55.8 Å². The van der Waals surface area contributed by atoms with Gasteiger partial charge in [0, 0.05) is 64.1 Å². The number of carbonyl (C=O) groups excluding carboxylic acids is 1. The van der Waals surface area contributed by atoms with Crippen molar-refractivity contribution in [3.63, 3.8) is 0 Å². The van der Waals surface area contributed by atoms with Gasteiger partial charge in [0.2, 0.25) is 5.95 Å². The molecule has 2 aliphatic rings. The number of anilines is 1. The third kappa shape index (κ3) is 4.41. The first-order valence-corrected chi connectivity index (χ1v) is 10.2. The maximum Gasteiger partial charge on any atom is 0.257 e. The average Bonchev–Trinajstić information content (AvgIpc) is 2.67. The molecule has 1 aromatic heterocycles. The van der Waals surface area contributed by atoms with E-state index < -0.39 is 0 Å². The first-order valence-electron chi connectivity index (χ1n) is 10.2. The lowest BCUT2D eigenvalue weighted by Crippen LogP contribution is -2.56. The summed E-state index contributed by atoms with van der Waals surface area (Å²) in [4.78, 5) is 31.3. The Labute approximate surface area is 163 Å². The van der Waals surface area contributed by atoms with E-state index in [2.05, 4.69) is 52.5 Å². The molecule has 7 nitrogen and oxygen atoms in total. The van der Waals surface area contributed by atoms with Gasteiger partial charge < -0.3 is 14.7 Å². The molecule has 0 aromatic carbocycles. The van der Waals surface area contributed by atoms with Crippen molar-refractivity contribution < 1.29 is 4.79 Å². The van der Waals surface area contributed by atoms with E-state index in [9.17, 15) is 4.79 Å². The lowest BCUT2D eigenvalue weighted by molar-refractivity contribution is 0.0370. The standard InChI is InChI=1S/C20H34N6O/c1-6-17-14-25(11-12-26(17)15(2)3)19(27)18-13-21-20(22-16(18)4)24-9-7-23(5)8-10-24/h13,15,17H,6-12,14H2,1-5H3/t17-/m1/s1. The van der Waals surface area contributed by atoms with E-state index in [1.54, 1.807) is 6.20 Å². The maximum atomic E-state index is 13.1. The molecule has 27 heavy (non-hydrogen) atoms. The van der Waals surface area contributed by atoms with Crippen LogP contribution in [-0.4, -0.2) is 95.5 Å². The van der Waals surface area contributed by atoms with Gasteiger partial charge in [-0.1, -0.05) is 6.92 Å². The lowest BCUT2D eigenvalue weighted by Gasteiger charge is -2.43. The fourth-order valence-corrected chi connectivity index (χ4v) is 4.09. The van der Waals surface area contributed by atoms with Crippen LogP contribution in [0.3, 0.4) is 0 Å². The molecule has 1 aromatic rings. The molecule has 0 aliphatic carbocycles. The van der Waals surface area contributed by atoms with Gasteiger partial charge in [-0.3, -0.25) is 9.69 Å². The molecular formula is C20H34N6O. The molecule has 1 atom stereocenters. The highest BCUT2D eigenvalue weighted by molar-refractivity contribution is 5.95. The van der Waals surface area contributed by atoms with Gasteiger partial charge in [-0.05, 0) is 34.2 Å². The van der Waals surface area contributed by atoms with Crippen LogP contribution < -0.4 is 4.90 Å². The van der Waals surface area contributed by atoms with Gasteiger partial charge in [0.25, 0.3) is 5.91 Å². The second-order valence-corrected chi connectivity index (χ2v) is 8.10. The number of aryl methyl sites for hydroxylation is 1. The molecule has 0 bridgehead atoms. The van der Waals surface area contributed by atoms with Crippen molar-refractivity contribution in [2.75, 3.05) is 57.8 Å². The first kappa shape index (κ1) is 20.0. The SMILES string of the molecule is CC[C@@H]1CN(C(=O)c2cnc(N3CCN(C)CC3)nc2C)CCN1C(C)C. The highest BCUT2D eigenvalue weighted by Crippen LogP contribution is 2.20. The largest absolute Gasteiger partial charge is 0.338 e. The van der Waals surface area contributed by atoms with Crippen LogP contribution in [0.1, 0.15) is 43.2 Å². The summed E-state index contributed by atoms with van der Waals surface area (Å²) < 4.78 is 0. The van der Waals surface area contributed by atoms with E-state index in [-0.39, 0.29) is 5.91 Å². The third-order valence-corrected chi connectivity index (χ3v) is 5.93. The Balaban J connectivity index is 1.70. The summed E-state index contributed by atoms with van der Waals surface area (Å²) in [6.07, 6.45) is 2.79. The van der Waals surface area contributed by atoms with Crippen LogP contribution in [0, 0.1) is 6.92 Å². The van der Waals surface area contributed by atoms with E-state index in [0.717, 1.165) is 63.9 Å². The quantitative estimate of drug-likeness (QED) is 0.796. The van der Waals surface area contributed by atoms with E-state index in [4.69, 9.17) is 0 Å². The Bertz CT molecular complexity index is 656. The number of nitrogens with zero attached hydrogens (tertiary/aromatic N) is 6. The van der Waals surface area contributed by atoms with Crippen LogP contribution in [0.4, 0.5) is 5.95 Å². The smallest absolute Gasteiger partial charge is 0.257 e. The highest BCUT2D eigenvalue weighted by Gasteiger charge is 2.31. The number of hydrogen-bond donors (Lipinski definition) is 0. The molecular weight excluding hydrogens is 340 g/mol. The minimum atomic E-state index is 0.0688. The predicted molar refractivity (Wildman–Crippen MR) is 108 cm³/mol. The summed E-state index contributed by atoms with van der Waals surface area (Å²) in [5, 5.41) is 0. The Hall–Kier alpha value is -1.73. The Kier molecular flexibility index (Phi) is 6.32. The van der Waals surface area contributed by atoms with Crippen molar-refractivity contribution >= 4 is 11.9 Å². The summed E-state index contributed by atoms with van der Waals surface area (Å²) in [7, 11) is 2.13. The number of hydrogen-bond acceptors (Lipinski definition) is 6. The van der Waals surface area contributed by atoms with Gasteiger partial charge in [0.1, 0.15) is 0 Å². The van der Waals surface area contributed by atoms with Crippen molar-refractivity contribution in [2.45, 2.75) is 46.2 Å². The van der Waals surface area contributed by atoms with Crippen molar-refractivity contribution in [1.82, 2.24) is 24.7 Å². The zero-order valence-electron chi connectivity index (χ0n) is 17.5. The van der Waals surface area contributed by atoms with Crippen molar-refractivity contribution in [2.24, 2.45) is 0 Å². The third-order valence-electron chi connectivity index (χ3n) is 5.93. The summed E-state index contributed by atoms with van der Waals surface area (Å²) in [5.74, 6) is 0.812. The molecule has 7 heteroatoms. The summed E-state index contributed by atoms with van der Waals surface area (Å²) >= 11 is 0. The molecule has 3 rings (SSSR count). The summed E-state index contributed by atoms with van der Waals surface area (Å²) in [5.41, 5.74) is 1.42. The normalized spacial score (nSPS) is 22.5. The number of amides is 1. The van der Waals surface area contributed by atoms with Gasteiger partial charge >= 0.3 is 0 Å². The van der Waals surface area contributed by atoms with Gasteiger partial charge in [0.05, 0.1) is 11.3 Å². The van der Waals surface area contributed by atoms with Gasteiger partial charge in [-0.15, -0.1) is 0 Å². The maximum absolute atomic E-state index is 13.1. The number of likely N-dealkylation sites (N-methyl/N-ethyl adjacent to an activating group) is 1. The fourth-order valence-electron chi connectivity index (χ4n) is 4.09. The molecule has 3 heterocycles. The van der Waals surface area contributed by atoms with Crippen LogP contribution >= 0.6 is 0 Å².